The van der Waals surface area contributed by atoms with Gasteiger partial charge in [-0.1, -0.05) is 0 Å². The van der Waals surface area contributed by atoms with Crippen molar-refractivity contribution in [3.05, 3.63) is 0 Å². The van der Waals surface area contributed by atoms with Crippen LogP contribution in [0.2, 0.25) is 0 Å². The van der Waals surface area contributed by atoms with Gasteiger partial charge in [0.15, 0.2) is 0 Å². The van der Waals surface area contributed by atoms with Gasteiger partial charge in [0.2, 0.25) is 17.8 Å². The highest BCUT2D eigenvalue weighted by Gasteiger charge is 2.17. The Balaban J connectivity index is 2.12. The second-order valence-electron chi connectivity index (χ2n) is 4.72. The van der Waals surface area contributed by atoms with E-state index >= 15 is 0 Å². The van der Waals surface area contributed by atoms with Gasteiger partial charge in [0.05, 0.1) is 12.7 Å². The second-order valence-corrected chi connectivity index (χ2v) is 4.72. The third-order valence-corrected chi connectivity index (χ3v) is 3.05. The van der Waals surface area contributed by atoms with Crippen LogP contribution in [0.4, 0.5) is 17.8 Å². The van der Waals surface area contributed by atoms with Crippen LogP contribution in [0.25, 0.3) is 0 Å². The van der Waals surface area contributed by atoms with Gasteiger partial charge < -0.3 is 25.7 Å². The van der Waals surface area contributed by atoms with E-state index in [1.165, 1.54) is 0 Å². The zero-order valence-electron chi connectivity index (χ0n) is 11.7. The van der Waals surface area contributed by atoms with E-state index in [0.29, 0.717) is 17.8 Å². The van der Waals surface area contributed by atoms with Gasteiger partial charge in [0.1, 0.15) is 0 Å². The molecule has 8 nitrogen and oxygen atoms in total. The molecule has 2 rings (SSSR count). The summed E-state index contributed by atoms with van der Waals surface area (Å²) in [7, 11) is 0. The number of rotatable bonds is 7. The molecule has 1 unspecified atom stereocenters. The minimum Gasteiger partial charge on any atom is -0.394 e. The highest BCUT2D eigenvalue weighted by Crippen LogP contribution is 2.18. The average molecular weight is 282 g/mol. The summed E-state index contributed by atoms with van der Waals surface area (Å²) >= 11 is 0. The molecule has 1 aliphatic heterocycles. The van der Waals surface area contributed by atoms with Crippen molar-refractivity contribution in [3.8, 4) is 0 Å². The second kappa shape index (κ2) is 7.20. The highest BCUT2D eigenvalue weighted by molar-refractivity contribution is 5.44. The minimum absolute atomic E-state index is 0.200. The van der Waals surface area contributed by atoms with E-state index in [1.54, 1.807) is 0 Å². The number of aromatic nitrogens is 3. The lowest BCUT2D eigenvalue weighted by Crippen LogP contribution is -2.26. The first-order valence-electron chi connectivity index (χ1n) is 7.00. The average Bonchev–Trinajstić information content (AvgIpc) is 2.99. The van der Waals surface area contributed by atoms with Gasteiger partial charge in [-0.15, -0.1) is 0 Å². The van der Waals surface area contributed by atoms with E-state index < -0.39 is 6.10 Å². The van der Waals surface area contributed by atoms with Gasteiger partial charge in [0.25, 0.3) is 0 Å². The van der Waals surface area contributed by atoms with Gasteiger partial charge in [-0.05, 0) is 19.8 Å². The Morgan fingerprint density at radius 3 is 2.40 bits per heavy atom. The standard InChI is InChI=1S/C12H22N6O2/c1-2-13-10-15-11(14-7-9(20)8-19)17-12(16-10)18-5-3-4-6-18/h9,19-20H,2-8H2,1H3,(H2,13,14,15,16,17). The molecular formula is C12H22N6O2. The molecule has 112 valence electrons. The van der Waals surface area contributed by atoms with Crippen molar-refractivity contribution in [3.63, 3.8) is 0 Å². The van der Waals surface area contributed by atoms with Crippen LogP contribution < -0.4 is 15.5 Å². The Hall–Kier alpha value is -1.67. The summed E-state index contributed by atoms with van der Waals surface area (Å²) < 4.78 is 0. The SMILES string of the molecule is CCNc1nc(NCC(O)CO)nc(N2CCCC2)n1. The van der Waals surface area contributed by atoms with Crippen LogP contribution in [-0.2, 0) is 0 Å². The molecule has 8 heteroatoms. The molecule has 0 aliphatic carbocycles. The molecule has 1 aliphatic rings. The number of aliphatic hydroxyl groups excluding tert-OH is 2. The Labute approximate surface area is 118 Å². The van der Waals surface area contributed by atoms with Gasteiger partial charge >= 0.3 is 0 Å². The van der Waals surface area contributed by atoms with Crippen molar-refractivity contribution < 1.29 is 10.2 Å². The van der Waals surface area contributed by atoms with E-state index in [-0.39, 0.29) is 13.2 Å². The normalized spacial score (nSPS) is 16.2. The summed E-state index contributed by atoms with van der Waals surface area (Å²) in [5.41, 5.74) is 0. The van der Waals surface area contributed by atoms with Crippen molar-refractivity contribution in [2.45, 2.75) is 25.9 Å². The van der Waals surface area contributed by atoms with Crippen molar-refractivity contribution in [1.82, 2.24) is 15.0 Å². The first-order valence-corrected chi connectivity index (χ1v) is 7.00. The van der Waals surface area contributed by atoms with Gasteiger partial charge in [-0.3, -0.25) is 0 Å². The van der Waals surface area contributed by atoms with E-state index in [2.05, 4.69) is 30.5 Å². The zero-order valence-corrected chi connectivity index (χ0v) is 11.7. The van der Waals surface area contributed by atoms with Gasteiger partial charge in [0, 0.05) is 26.2 Å². The number of nitrogens with zero attached hydrogens (tertiary/aromatic N) is 4. The quantitative estimate of drug-likeness (QED) is 0.538. The van der Waals surface area contributed by atoms with Crippen molar-refractivity contribution >= 4 is 17.8 Å². The van der Waals surface area contributed by atoms with E-state index in [1.807, 2.05) is 6.92 Å². The molecule has 0 saturated carbocycles. The molecule has 20 heavy (non-hydrogen) atoms. The fraction of sp³-hybridized carbons (Fsp3) is 0.750. The van der Waals surface area contributed by atoms with Crippen LogP contribution in [0.5, 0.6) is 0 Å². The monoisotopic (exact) mass is 282 g/mol. The lowest BCUT2D eigenvalue weighted by molar-refractivity contribution is 0.105. The third-order valence-electron chi connectivity index (χ3n) is 3.05. The molecule has 4 N–H and O–H groups in total. The van der Waals surface area contributed by atoms with E-state index in [9.17, 15) is 5.11 Å². The molecule has 0 spiro atoms. The maximum atomic E-state index is 9.36. The van der Waals surface area contributed by atoms with Gasteiger partial charge in [-0.25, -0.2) is 0 Å². The zero-order chi connectivity index (χ0) is 14.4. The molecule has 1 fully saturated rings. The Kier molecular flexibility index (Phi) is 5.31. The first-order chi connectivity index (χ1) is 9.72. The molecule has 0 radical (unpaired) electrons. The maximum absolute atomic E-state index is 9.36. The molecule has 1 aromatic rings. The molecule has 1 aromatic heterocycles. The Morgan fingerprint density at radius 1 is 1.15 bits per heavy atom. The predicted molar refractivity (Wildman–Crippen MR) is 77.0 cm³/mol. The van der Waals surface area contributed by atoms with Crippen molar-refractivity contribution in [2.75, 3.05) is 48.3 Å². The largest absolute Gasteiger partial charge is 0.394 e. The summed E-state index contributed by atoms with van der Waals surface area (Å²) in [5, 5.41) is 24.2. The van der Waals surface area contributed by atoms with E-state index in [0.717, 1.165) is 32.5 Å². The fourth-order valence-corrected chi connectivity index (χ4v) is 2.01. The number of nitrogens with one attached hydrogen (secondary N) is 2. The number of hydrogen-bond donors (Lipinski definition) is 4. The molecule has 0 amide bonds. The van der Waals surface area contributed by atoms with Crippen LogP contribution >= 0.6 is 0 Å². The van der Waals surface area contributed by atoms with Crippen LogP contribution in [0, 0.1) is 0 Å². The number of hydrogen-bond acceptors (Lipinski definition) is 8. The number of aliphatic hydroxyl groups is 2. The van der Waals surface area contributed by atoms with Crippen molar-refractivity contribution in [2.24, 2.45) is 0 Å². The third kappa shape index (κ3) is 3.91. The smallest absolute Gasteiger partial charge is 0.231 e. The summed E-state index contributed by atoms with van der Waals surface area (Å²) in [4.78, 5) is 15.1. The highest BCUT2D eigenvalue weighted by atomic mass is 16.3. The number of anilines is 3. The maximum Gasteiger partial charge on any atom is 0.231 e. The molecule has 1 saturated heterocycles. The summed E-state index contributed by atoms with van der Waals surface area (Å²) in [5.74, 6) is 1.57. The Bertz CT molecular complexity index is 424. The van der Waals surface area contributed by atoms with Crippen molar-refractivity contribution in [1.29, 1.82) is 0 Å². The predicted octanol–water partition coefficient (Wildman–Crippen LogP) is -0.331. The lowest BCUT2D eigenvalue weighted by Gasteiger charge is -2.17. The summed E-state index contributed by atoms with van der Waals surface area (Å²) in [6, 6.07) is 0. The minimum atomic E-state index is -0.829. The molecule has 0 aromatic carbocycles. The summed E-state index contributed by atoms with van der Waals surface area (Å²) in [6.07, 6.45) is 1.46. The lowest BCUT2D eigenvalue weighted by atomic mass is 10.4. The first kappa shape index (κ1) is 14.7. The molecule has 0 bridgehead atoms. The molecule has 2 heterocycles. The molecule has 1 atom stereocenters. The van der Waals surface area contributed by atoms with Crippen LogP contribution in [0.1, 0.15) is 19.8 Å². The molecular weight excluding hydrogens is 260 g/mol. The van der Waals surface area contributed by atoms with E-state index in [4.69, 9.17) is 5.11 Å². The summed E-state index contributed by atoms with van der Waals surface area (Å²) in [6.45, 7) is 4.51. The fourth-order valence-electron chi connectivity index (χ4n) is 2.01. The topological polar surface area (TPSA) is 106 Å². The van der Waals surface area contributed by atoms with Crippen LogP contribution in [0.3, 0.4) is 0 Å². The van der Waals surface area contributed by atoms with Crippen LogP contribution in [0.15, 0.2) is 0 Å². The van der Waals surface area contributed by atoms with Gasteiger partial charge in [-0.2, -0.15) is 15.0 Å². The van der Waals surface area contributed by atoms with Crippen LogP contribution in [-0.4, -0.2) is 64.1 Å². The Morgan fingerprint density at radius 2 is 1.80 bits per heavy atom.